The molecule has 6 heteroatoms. The topological polar surface area (TPSA) is 93.2 Å². The van der Waals surface area contributed by atoms with Gasteiger partial charge in [-0.15, -0.1) is 0 Å². The predicted octanol–water partition coefficient (Wildman–Crippen LogP) is 0.989. The van der Waals surface area contributed by atoms with Gasteiger partial charge in [-0.2, -0.15) is 0 Å². The number of para-hydroxylation sites is 1. The Kier molecular flexibility index (Phi) is 3.70. The summed E-state index contributed by atoms with van der Waals surface area (Å²) in [5, 5.41) is 12.5. The molecule has 0 bridgehead atoms. The molecular weight excluding hydrogens is 244 g/mol. The van der Waals surface area contributed by atoms with Crippen molar-refractivity contribution in [1.29, 1.82) is 0 Å². The lowest BCUT2D eigenvalue weighted by Gasteiger charge is -2.15. The van der Waals surface area contributed by atoms with E-state index in [9.17, 15) is 9.90 Å². The summed E-state index contributed by atoms with van der Waals surface area (Å²) in [7, 11) is 0. The molecule has 4 N–H and O–H groups in total. The number of nitrogens with zero attached hydrogens (tertiary/aromatic N) is 2. The summed E-state index contributed by atoms with van der Waals surface area (Å²) < 4.78 is 1.87. The Labute approximate surface area is 110 Å². The molecule has 0 saturated heterocycles. The van der Waals surface area contributed by atoms with Crippen molar-refractivity contribution in [2.75, 3.05) is 5.73 Å². The van der Waals surface area contributed by atoms with Gasteiger partial charge in [-0.25, -0.2) is 4.98 Å². The van der Waals surface area contributed by atoms with Crippen LogP contribution in [0.2, 0.25) is 0 Å². The summed E-state index contributed by atoms with van der Waals surface area (Å²) in [6.45, 7) is 2.48. The summed E-state index contributed by atoms with van der Waals surface area (Å²) in [5.74, 6) is -0.535. The first-order valence-electron chi connectivity index (χ1n) is 5.92. The van der Waals surface area contributed by atoms with Crippen LogP contribution in [0, 0.1) is 0 Å². The van der Waals surface area contributed by atoms with Gasteiger partial charge in [0, 0.05) is 25.0 Å². The van der Waals surface area contributed by atoms with E-state index in [-0.39, 0.29) is 28.9 Å². The first-order valence-corrected chi connectivity index (χ1v) is 5.92. The molecule has 0 aliphatic carbocycles. The van der Waals surface area contributed by atoms with Gasteiger partial charge < -0.3 is 20.7 Å². The second-order valence-corrected chi connectivity index (χ2v) is 4.38. The second kappa shape index (κ2) is 5.43. The Balaban J connectivity index is 2.02. The number of amides is 1. The fourth-order valence-corrected chi connectivity index (χ4v) is 1.80. The van der Waals surface area contributed by atoms with Crippen molar-refractivity contribution in [3.63, 3.8) is 0 Å². The van der Waals surface area contributed by atoms with E-state index in [0.717, 1.165) is 0 Å². The summed E-state index contributed by atoms with van der Waals surface area (Å²) in [5.41, 5.74) is 5.92. The lowest BCUT2D eigenvalue weighted by molar-refractivity contribution is 0.0934. The van der Waals surface area contributed by atoms with Gasteiger partial charge in [0.15, 0.2) is 5.75 Å². The van der Waals surface area contributed by atoms with Crippen LogP contribution >= 0.6 is 0 Å². The summed E-state index contributed by atoms with van der Waals surface area (Å²) in [6.07, 6.45) is 5.18. The minimum absolute atomic E-state index is 0.0949. The molecule has 100 valence electrons. The second-order valence-electron chi connectivity index (χ2n) is 4.38. The number of hydrogen-bond acceptors (Lipinski definition) is 4. The third kappa shape index (κ3) is 3.04. The van der Waals surface area contributed by atoms with Crippen molar-refractivity contribution in [3.05, 3.63) is 42.5 Å². The number of nitrogens with two attached hydrogens (primary N) is 1. The number of carbonyl (C=O) groups is 1. The molecule has 0 aliphatic rings. The number of phenols is 1. The maximum absolute atomic E-state index is 12.0. The number of anilines is 1. The zero-order valence-corrected chi connectivity index (χ0v) is 10.6. The average Bonchev–Trinajstić information content (AvgIpc) is 2.85. The van der Waals surface area contributed by atoms with Gasteiger partial charge in [-0.3, -0.25) is 4.79 Å². The number of carbonyl (C=O) groups excluding carboxylic acids is 1. The number of nitrogens with one attached hydrogen (secondary N) is 1. The molecule has 0 spiro atoms. The van der Waals surface area contributed by atoms with Crippen molar-refractivity contribution >= 4 is 11.6 Å². The SMILES string of the molecule is CC(Cn1ccnc1)NC(=O)c1cccc(N)c1O. The minimum Gasteiger partial charge on any atom is -0.505 e. The van der Waals surface area contributed by atoms with E-state index >= 15 is 0 Å². The molecule has 0 saturated carbocycles. The van der Waals surface area contributed by atoms with E-state index in [0.29, 0.717) is 6.54 Å². The standard InChI is InChI=1S/C13H16N4O2/c1-9(7-17-6-5-15-8-17)16-13(19)10-3-2-4-11(14)12(10)18/h2-6,8-9,18H,7,14H2,1H3,(H,16,19). The highest BCUT2D eigenvalue weighted by Gasteiger charge is 2.15. The van der Waals surface area contributed by atoms with Gasteiger partial charge in [0.2, 0.25) is 0 Å². The average molecular weight is 260 g/mol. The van der Waals surface area contributed by atoms with Crippen LogP contribution in [0.3, 0.4) is 0 Å². The predicted molar refractivity (Wildman–Crippen MR) is 71.7 cm³/mol. The third-order valence-corrected chi connectivity index (χ3v) is 2.73. The maximum Gasteiger partial charge on any atom is 0.255 e. The number of rotatable bonds is 4. The molecule has 1 unspecified atom stereocenters. The van der Waals surface area contributed by atoms with Gasteiger partial charge in [0.1, 0.15) is 0 Å². The molecule has 1 amide bonds. The van der Waals surface area contributed by atoms with Gasteiger partial charge in [0.25, 0.3) is 5.91 Å². The highest BCUT2D eigenvalue weighted by Crippen LogP contribution is 2.24. The number of hydrogen-bond donors (Lipinski definition) is 3. The van der Waals surface area contributed by atoms with Gasteiger partial charge in [-0.05, 0) is 19.1 Å². The van der Waals surface area contributed by atoms with E-state index in [4.69, 9.17) is 5.73 Å². The molecule has 1 atom stereocenters. The Morgan fingerprint density at radius 1 is 1.58 bits per heavy atom. The van der Waals surface area contributed by atoms with Crippen LogP contribution in [0.4, 0.5) is 5.69 Å². The van der Waals surface area contributed by atoms with E-state index in [2.05, 4.69) is 10.3 Å². The van der Waals surface area contributed by atoms with E-state index in [1.807, 2.05) is 17.7 Å². The number of imidazole rings is 1. The van der Waals surface area contributed by atoms with Crippen LogP contribution in [0.1, 0.15) is 17.3 Å². The minimum atomic E-state index is -0.350. The van der Waals surface area contributed by atoms with Crippen LogP contribution in [-0.2, 0) is 6.54 Å². The Morgan fingerprint density at radius 3 is 3.05 bits per heavy atom. The van der Waals surface area contributed by atoms with Crippen LogP contribution in [0.15, 0.2) is 36.9 Å². The van der Waals surface area contributed by atoms with Crippen LogP contribution < -0.4 is 11.1 Å². The van der Waals surface area contributed by atoms with Crippen molar-refractivity contribution in [2.24, 2.45) is 0 Å². The molecule has 1 aromatic carbocycles. The van der Waals surface area contributed by atoms with Gasteiger partial charge in [0.05, 0.1) is 17.6 Å². The number of benzene rings is 1. The number of nitrogen functional groups attached to an aromatic ring is 1. The molecule has 1 aromatic heterocycles. The zero-order chi connectivity index (χ0) is 13.8. The largest absolute Gasteiger partial charge is 0.505 e. The van der Waals surface area contributed by atoms with Crippen molar-refractivity contribution in [3.8, 4) is 5.75 Å². The molecule has 1 heterocycles. The summed E-state index contributed by atoms with van der Waals surface area (Å²) in [4.78, 5) is 15.9. The number of aromatic hydroxyl groups is 1. The zero-order valence-electron chi connectivity index (χ0n) is 10.6. The Morgan fingerprint density at radius 2 is 2.37 bits per heavy atom. The Bertz CT molecular complexity index is 566. The van der Waals surface area contributed by atoms with Crippen LogP contribution in [-0.4, -0.2) is 26.6 Å². The third-order valence-electron chi connectivity index (χ3n) is 2.73. The van der Waals surface area contributed by atoms with Crippen molar-refractivity contribution < 1.29 is 9.90 Å². The van der Waals surface area contributed by atoms with Crippen molar-refractivity contribution in [2.45, 2.75) is 19.5 Å². The smallest absolute Gasteiger partial charge is 0.255 e. The highest BCUT2D eigenvalue weighted by molar-refractivity contribution is 5.98. The van der Waals surface area contributed by atoms with E-state index in [1.165, 1.54) is 6.07 Å². The normalized spacial score (nSPS) is 12.1. The first kappa shape index (κ1) is 12.9. The fraction of sp³-hybridized carbons (Fsp3) is 0.231. The molecule has 6 nitrogen and oxygen atoms in total. The summed E-state index contributed by atoms with van der Waals surface area (Å²) in [6, 6.07) is 4.61. The fourth-order valence-electron chi connectivity index (χ4n) is 1.80. The maximum atomic E-state index is 12.0. The molecule has 19 heavy (non-hydrogen) atoms. The molecular formula is C13H16N4O2. The lowest BCUT2D eigenvalue weighted by Crippen LogP contribution is -2.35. The lowest BCUT2D eigenvalue weighted by atomic mass is 10.1. The highest BCUT2D eigenvalue weighted by atomic mass is 16.3. The van der Waals surface area contributed by atoms with E-state index in [1.54, 1.807) is 24.7 Å². The van der Waals surface area contributed by atoms with Crippen LogP contribution in [0.5, 0.6) is 5.75 Å². The Hall–Kier alpha value is -2.50. The van der Waals surface area contributed by atoms with Crippen molar-refractivity contribution in [1.82, 2.24) is 14.9 Å². The number of aromatic nitrogens is 2. The molecule has 0 radical (unpaired) electrons. The summed E-state index contributed by atoms with van der Waals surface area (Å²) >= 11 is 0. The molecule has 0 aliphatic heterocycles. The quantitative estimate of drug-likeness (QED) is 0.564. The molecule has 0 fully saturated rings. The number of phenolic OH excluding ortho intramolecular Hbond substituents is 1. The van der Waals surface area contributed by atoms with Gasteiger partial charge >= 0.3 is 0 Å². The monoisotopic (exact) mass is 260 g/mol. The molecule has 2 aromatic rings. The molecule has 2 rings (SSSR count). The van der Waals surface area contributed by atoms with Gasteiger partial charge in [-0.1, -0.05) is 6.07 Å². The van der Waals surface area contributed by atoms with E-state index < -0.39 is 0 Å². The first-order chi connectivity index (χ1) is 9.08. The van der Waals surface area contributed by atoms with Crippen LogP contribution in [0.25, 0.3) is 0 Å².